The number of phenols is 2. The van der Waals surface area contributed by atoms with E-state index in [1.807, 2.05) is 24.3 Å². The lowest BCUT2D eigenvalue weighted by molar-refractivity contribution is -0.145. The van der Waals surface area contributed by atoms with Gasteiger partial charge in [0.2, 0.25) is 0 Å². The Kier molecular flexibility index (Phi) is 26.2. The van der Waals surface area contributed by atoms with Crippen LogP contribution in [-0.2, 0) is 86.7 Å². The second kappa shape index (κ2) is 29.5. The minimum atomic E-state index is -0.330. The van der Waals surface area contributed by atoms with Crippen molar-refractivity contribution in [3.05, 3.63) is 57.6 Å². The maximum Gasteiger partial charge on any atom is 0.310 e. The van der Waals surface area contributed by atoms with Crippen molar-refractivity contribution in [3.8, 4) is 11.5 Å². The largest absolute Gasteiger partial charge is 0.507 e. The van der Waals surface area contributed by atoms with Crippen molar-refractivity contribution in [1.82, 2.24) is 0 Å². The summed E-state index contributed by atoms with van der Waals surface area (Å²) in [5.41, 5.74) is 4.20. The van der Waals surface area contributed by atoms with Crippen molar-refractivity contribution in [3.63, 3.8) is 0 Å². The summed E-state index contributed by atoms with van der Waals surface area (Å²) >= 11 is 0. The Labute approximate surface area is 391 Å². The zero-order valence-corrected chi connectivity index (χ0v) is 42.3. The van der Waals surface area contributed by atoms with Crippen molar-refractivity contribution in [2.75, 3.05) is 106 Å². The van der Waals surface area contributed by atoms with Crippen LogP contribution >= 0.6 is 0 Å². The van der Waals surface area contributed by atoms with Crippen LogP contribution in [0.4, 0.5) is 0 Å². The zero-order chi connectivity index (χ0) is 48.5. The van der Waals surface area contributed by atoms with E-state index in [9.17, 15) is 19.8 Å². The summed E-state index contributed by atoms with van der Waals surface area (Å²) in [6.07, 6.45) is 3.69. The first-order valence-corrected chi connectivity index (χ1v) is 23.8. The van der Waals surface area contributed by atoms with Crippen LogP contribution in [0.1, 0.15) is 142 Å². The molecule has 372 valence electrons. The van der Waals surface area contributed by atoms with E-state index < -0.39 is 0 Å². The van der Waals surface area contributed by atoms with Gasteiger partial charge in [0.15, 0.2) is 0 Å². The molecule has 0 atom stereocenters. The highest BCUT2D eigenvalue weighted by atomic mass is 16.6. The maximum absolute atomic E-state index is 12.7. The lowest BCUT2D eigenvalue weighted by atomic mass is 9.74. The zero-order valence-electron chi connectivity index (χ0n) is 42.3. The van der Waals surface area contributed by atoms with Crippen LogP contribution in [0.2, 0.25) is 0 Å². The Morgan fingerprint density at radius 2 is 0.554 bits per heavy atom. The molecule has 2 rings (SSSR count). The van der Waals surface area contributed by atoms with Gasteiger partial charge in [0.05, 0.1) is 105 Å². The fourth-order valence-corrected chi connectivity index (χ4v) is 6.70. The van der Waals surface area contributed by atoms with Gasteiger partial charge in [0.1, 0.15) is 24.7 Å². The van der Waals surface area contributed by atoms with Crippen LogP contribution in [-0.4, -0.2) is 128 Å². The Morgan fingerprint density at radius 3 is 0.738 bits per heavy atom. The maximum atomic E-state index is 12.7. The van der Waals surface area contributed by atoms with E-state index in [0.717, 1.165) is 59.1 Å². The first kappa shape index (κ1) is 57.8. The molecule has 13 heteroatoms. The lowest BCUT2D eigenvalue weighted by Crippen LogP contribution is -2.22. The standard InChI is InChI=1S/C52H86O13/c1-13-49(5,6)41-33-39(34-42(47(41)55)50(7,8)14-2)37-45(53)64-31-29-62-27-25-60-23-21-58-19-17-57-18-20-59-22-24-61-26-28-63-30-32-65-46(54)38-40-35-43(51(9,10)15-3)48(56)44(36-40)52(11,12)16-4/h33-36,55-56H,13-32,37-38H2,1-12H3. The molecular formula is C52H86O13. The third-order valence-corrected chi connectivity index (χ3v) is 12.7. The minimum absolute atomic E-state index is 0.129. The highest BCUT2D eigenvalue weighted by Crippen LogP contribution is 2.44. The smallest absolute Gasteiger partial charge is 0.310 e. The first-order chi connectivity index (χ1) is 30.8. The molecule has 0 saturated heterocycles. The van der Waals surface area contributed by atoms with E-state index in [4.69, 9.17) is 42.6 Å². The highest BCUT2D eigenvalue weighted by molar-refractivity contribution is 5.74. The van der Waals surface area contributed by atoms with Crippen LogP contribution in [0.5, 0.6) is 11.5 Å². The Balaban J connectivity index is 1.42. The predicted molar refractivity (Wildman–Crippen MR) is 255 cm³/mol. The molecule has 2 aromatic rings. The average Bonchev–Trinajstić information content (AvgIpc) is 3.27. The van der Waals surface area contributed by atoms with Gasteiger partial charge >= 0.3 is 11.9 Å². The van der Waals surface area contributed by atoms with Crippen LogP contribution < -0.4 is 0 Å². The summed E-state index contributed by atoms with van der Waals surface area (Å²) in [6, 6.07) is 7.76. The van der Waals surface area contributed by atoms with E-state index >= 15 is 0 Å². The van der Waals surface area contributed by atoms with Gasteiger partial charge in [-0.25, -0.2) is 0 Å². The van der Waals surface area contributed by atoms with Crippen molar-refractivity contribution >= 4 is 11.9 Å². The van der Waals surface area contributed by atoms with Gasteiger partial charge in [-0.2, -0.15) is 0 Å². The number of aromatic hydroxyl groups is 2. The van der Waals surface area contributed by atoms with E-state index in [0.29, 0.717) is 90.8 Å². The summed E-state index contributed by atoms with van der Waals surface area (Å²) in [7, 11) is 0. The van der Waals surface area contributed by atoms with E-state index in [-0.39, 0.29) is 72.9 Å². The molecule has 0 radical (unpaired) electrons. The molecule has 0 aromatic heterocycles. The number of hydrogen-bond donors (Lipinski definition) is 2. The molecule has 2 aromatic carbocycles. The molecule has 65 heavy (non-hydrogen) atoms. The Bertz CT molecular complexity index is 1490. The highest BCUT2D eigenvalue weighted by Gasteiger charge is 2.31. The Hall–Kier alpha value is -3.30. The van der Waals surface area contributed by atoms with Gasteiger partial charge in [0, 0.05) is 22.3 Å². The van der Waals surface area contributed by atoms with Crippen molar-refractivity contribution in [1.29, 1.82) is 0 Å². The van der Waals surface area contributed by atoms with Crippen LogP contribution in [0.15, 0.2) is 24.3 Å². The van der Waals surface area contributed by atoms with Gasteiger partial charge in [-0.05, 0) is 58.5 Å². The molecule has 0 saturated carbocycles. The predicted octanol–water partition coefficient (Wildman–Crippen LogP) is 8.84. The molecule has 0 heterocycles. The Morgan fingerprint density at radius 1 is 0.369 bits per heavy atom. The molecule has 0 fully saturated rings. The van der Waals surface area contributed by atoms with Crippen LogP contribution in [0.3, 0.4) is 0 Å². The van der Waals surface area contributed by atoms with Crippen molar-refractivity contribution in [2.45, 2.75) is 143 Å². The van der Waals surface area contributed by atoms with Gasteiger partial charge < -0.3 is 52.8 Å². The van der Waals surface area contributed by atoms with Crippen molar-refractivity contribution < 1.29 is 62.4 Å². The van der Waals surface area contributed by atoms with Crippen LogP contribution in [0, 0.1) is 0 Å². The average molecular weight is 919 g/mol. The third kappa shape index (κ3) is 20.6. The number of esters is 2. The minimum Gasteiger partial charge on any atom is -0.507 e. The van der Waals surface area contributed by atoms with Gasteiger partial charge in [-0.3, -0.25) is 9.59 Å². The third-order valence-electron chi connectivity index (χ3n) is 12.7. The van der Waals surface area contributed by atoms with Gasteiger partial charge in [-0.1, -0.05) is 107 Å². The summed E-state index contributed by atoms with van der Waals surface area (Å²) in [5, 5.41) is 22.3. The van der Waals surface area contributed by atoms with Crippen LogP contribution in [0.25, 0.3) is 0 Å². The fraction of sp³-hybridized carbons (Fsp3) is 0.731. The normalized spacial score (nSPS) is 12.5. The summed E-state index contributed by atoms with van der Waals surface area (Å²) < 4.78 is 49.7. The number of phenolic OH excluding ortho intramolecular Hbond substituents is 2. The quantitative estimate of drug-likeness (QED) is 0.0494. The molecule has 0 spiro atoms. The summed E-state index contributed by atoms with van der Waals surface area (Å²) in [5.74, 6) is -0.0124. The first-order valence-electron chi connectivity index (χ1n) is 23.8. The number of carbonyl (C=O) groups is 2. The fourth-order valence-electron chi connectivity index (χ4n) is 6.70. The lowest BCUT2D eigenvalue weighted by Gasteiger charge is -2.31. The van der Waals surface area contributed by atoms with E-state index in [1.165, 1.54) is 0 Å². The number of ether oxygens (including phenoxy) is 9. The topological polar surface area (TPSA) is 158 Å². The monoisotopic (exact) mass is 919 g/mol. The van der Waals surface area contributed by atoms with Gasteiger partial charge in [0.25, 0.3) is 0 Å². The molecule has 0 aliphatic heterocycles. The molecule has 0 bridgehead atoms. The van der Waals surface area contributed by atoms with E-state index in [2.05, 4.69) is 83.1 Å². The molecule has 0 unspecified atom stereocenters. The number of carbonyl (C=O) groups excluding carboxylic acids is 2. The van der Waals surface area contributed by atoms with Crippen molar-refractivity contribution in [2.24, 2.45) is 0 Å². The number of rotatable bonds is 36. The molecular weight excluding hydrogens is 833 g/mol. The molecule has 2 N–H and O–H groups in total. The molecule has 13 nitrogen and oxygen atoms in total. The molecule has 0 aliphatic carbocycles. The summed E-state index contributed by atoms with van der Waals surface area (Å²) in [6.45, 7) is 31.2. The van der Waals surface area contributed by atoms with E-state index in [1.54, 1.807) is 0 Å². The second-order valence-electron chi connectivity index (χ2n) is 19.1. The molecule has 0 amide bonds. The second-order valence-corrected chi connectivity index (χ2v) is 19.1. The van der Waals surface area contributed by atoms with Gasteiger partial charge in [-0.15, -0.1) is 0 Å². The number of hydrogen-bond acceptors (Lipinski definition) is 13. The summed E-state index contributed by atoms with van der Waals surface area (Å²) in [4.78, 5) is 25.3. The molecule has 0 aliphatic rings. The SMILES string of the molecule is CCC(C)(C)c1cc(CC(=O)OCCOCCOCCOCCOCCOCCOCCOCCOC(=O)Cc2cc(C(C)(C)CC)c(O)c(C(C)(C)CC)c2)cc(C(C)(C)CC)c1O. The number of benzene rings is 2.